The number of nitrogens with zero attached hydrogens (tertiary/aromatic N) is 2. The van der Waals surface area contributed by atoms with E-state index in [1.165, 1.54) is 12.5 Å². The Kier molecular flexibility index (Phi) is 6.35. The molecule has 4 nitrogen and oxygen atoms in total. The molecule has 1 amide bonds. The molecule has 5 rings (SSSR count). The van der Waals surface area contributed by atoms with Crippen molar-refractivity contribution in [1.29, 1.82) is 0 Å². The topological polar surface area (TPSA) is 45.8 Å². The lowest BCUT2D eigenvalue weighted by Gasteiger charge is -2.26. The van der Waals surface area contributed by atoms with Gasteiger partial charge in [0, 0.05) is 24.6 Å². The van der Waals surface area contributed by atoms with Crippen molar-refractivity contribution in [1.82, 2.24) is 4.90 Å². The van der Waals surface area contributed by atoms with E-state index in [0.717, 1.165) is 22.8 Å². The second-order valence-corrected chi connectivity index (χ2v) is 9.17. The summed E-state index contributed by atoms with van der Waals surface area (Å²) < 4.78 is 47.2. The smallest absolute Gasteiger partial charge is 0.418 e. The highest BCUT2D eigenvalue weighted by Gasteiger charge is 2.45. The van der Waals surface area contributed by atoms with E-state index in [-0.39, 0.29) is 22.9 Å². The van der Waals surface area contributed by atoms with Gasteiger partial charge in [-0.25, -0.2) is 4.99 Å². The van der Waals surface area contributed by atoms with E-state index >= 15 is 0 Å². The third-order valence-corrected chi connectivity index (χ3v) is 7.06. The first-order valence-electron chi connectivity index (χ1n) is 11.5. The number of alkyl halides is 3. The van der Waals surface area contributed by atoms with E-state index in [4.69, 9.17) is 16.0 Å². The maximum absolute atomic E-state index is 14.1. The lowest BCUT2D eigenvalue weighted by atomic mass is 9.95. The summed E-state index contributed by atoms with van der Waals surface area (Å²) in [5.41, 5.74) is 2.86. The molecule has 3 heterocycles. The van der Waals surface area contributed by atoms with E-state index in [1.807, 2.05) is 30.3 Å². The Bertz CT molecular complexity index is 1360. The Labute approximate surface area is 211 Å². The fourth-order valence-electron chi connectivity index (χ4n) is 4.64. The van der Waals surface area contributed by atoms with Crippen LogP contribution >= 0.6 is 11.6 Å². The number of carbonyl (C=O) groups excluding carboxylic acids is 1. The summed E-state index contributed by atoms with van der Waals surface area (Å²) in [6.45, 7) is 4.50. The van der Waals surface area contributed by atoms with Crippen LogP contribution in [0.3, 0.4) is 0 Å². The number of benzene rings is 1. The number of rotatable bonds is 4. The second kappa shape index (κ2) is 9.47. The predicted octanol–water partition coefficient (Wildman–Crippen LogP) is 7.04. The Hall–Kier alpha value is -3.58. The number of furan rings is 1. The van der Waals surface area contributed by atoms with Gasteiger partial charge in [-0.3, -0.25) is 4.79 Å². The van der Waals surface area contributed by atoms with Gasteiger partial charge in [-0.05, 0) is 47.3 Å². The number of aliphatic imine (C=N–C) groups is 1. The standard InChI is InChI=1S/C28H22ClF3N2O2/c1-2-17-3-5-18(6-4-17)19-9-12-34(13-10-19)27(35)26-24(29)22-8-7-20(21-11-14-36-16-21)15-23(25(22)33-26)28(30,31)32/h2-7,9,11,14-16,22H,1,8,10,12-13H2. The normalized spacial score (nSPS) is 20.2. The summed E-state index contributed by atoms with van der Waals surface area (Å²) in [4.78, 5) is 19.0. The van der Waals surface area contributed by atoms with Crippen molar-refractivity contribution in [2.75, 3.05) is 13.1 Å². The Balaban J connectivity index is 1.39. The molecule has 8 heteroatoms. The van der Waals surface area contributed by atoms with Gasteiger partial charge in [0.2, 0.25) is 0 Å². The molecule has 0 spiro atoms. The van der Waals surface area contributed by atoms with Crippen molar-refractivity contribution in [3.05, 3.63) is 101 Å². The number of hydrogen-bond acceptors (Lipinski definition) is 3. The van der Waals surface area contributed by atoms with Gasteiger partial charge >= 0.3 is 6.18 Å². The first-order valence-corrected chi connectivity index (χ1v) is 11.9. The molecule has 1 aromatic heterocycles. The van der Waals surface area contributed by atoms with Crippen molar-refractivity contribution in [3.63, 3.8) is 0 Å². The van der Waals surface area contributed by atoms with Gasteiger partial charge in [0.05, 0.1) is 28.8 Å². The van der Waals surface area contributed by atoms with Crippen LogP contribution in [0.2, 0.25) is 0 Å². The maximum Gasteiger partial charge on any atom is 0.418 e. The number of carbonyl (C=O) groups is 1. The predicted molar refractivity (Wildman–Crippen MR) is 135 cm³/mol. The molecule has 0 bridgehead atoms. The molecule has 2 aliphatic heterocycles. The Morgan fingerprint density at radius 2 is 1.94 bits per heavy atom. The monoisotopic (exact) mass is 510 g/mol. The molecule has 2 aromatic rings. The van der Waals surface area contributed by atoms with Crippen LogP contribution in [0, 0.1) is 5.92 Å². The van der Waals surface area contributed by atoms with Crippen LogP contribution in [0.5, 0.6) is 0 Å². The third-order valence-electron chi connectivity index (χ3n) is 6.62. The molecule has 0 radical (unpaired) electrons. The van der Waals surface area contributed by atoms with Crippen LogP contribution in [-0.4, -0.2) is 35.8 Å². The minimum absolute atomic E-state index is 0.0460. The van der Waals surface area contributed by atoms with Gasteiger partial charge in [0.25, 0.3) is 5.91 Å². The van der Waals surface area contributed by atoms with Crippen molar-refractivity contribution in [3.8, 4) is 0 Å². The zero-order valence-electron chi connectivity index (χ0n) is 19.2. The van der Waals surface area contributed by atoms with Crippen LogP contribution in [0.4, 0.5) is 13.2 Å². The van der Waals surface area contributed by atoms with E-state index < -0.39 is 23.6 Å². The Morgan fingerprint density at radius 3 is 2.56 bits per heavy atom. The summed E-state index contributed by atoms with van der Waals surface area (Å²) in [5.74, 6) is -1.29. The summed E-state index contributed by atoms with van der Waals surface area (Å²) in [5, 5.41) is 0.0460. The van der Waals surface area contributed by atoms with Crippen LogP contribution in [-0.2, 0) is 4.79 Å². The van der Waals surface area contributed by atoms with E-state index in [9.17, 15) is 18.0 Å². The van der Waals surface area contributed by atoms with Crippen molar-refractivity contribution < 1.29 is 22.4 Å². The molecule has 36 heavy (non-hydrogen) atoms. The zero-order chi connectivity index (χ0) is 25.4. The maximum atomic E-state index is 14.1. The molecule has 0 fully saturated rings. The summed E-state index contributed by atoms with van der Waals surface area (Å²) in [7, 11) is 0. The molecule has 1 unspecified atom stereocenters. The van der Waals surface area contributed by atoms with Crippen LogP contribution in [0.15, 0.2) is 93.4 Å². The first kappa shape index (κ1) is 24.1. The number of amides is 1. The van der Waals surface area contributed by atoms with Crippen molar-refractivity contribution in [2.45, 2.75) is 19.0 Å². The largest absolute Gasteiger partial charge is 0.472 e. The second-order valence-electron chi connectivity index (χ2n) is 8.77. The van der Waals surface area contributed by atoms with Crippen molar-refractivity contribution in [2.24, 2.45) is 10.9 Å². The lowest BCUT2D eigenvalue weighted by molar-refractivity contribution is -0.126. The van der Waals surface area contributed by atoms with Gasteiger partial charge in [0.1, 0.15) is 5.70 Å². The van der Waals surface area contributed by atoms with Crippen LogP contribution < -0.4 is 0 Å². The lowest BCUT2D eigenvalue weighted by Crippen LogP contribution is -2.35. The van der Waals surface area contributed by atoms with E-state index in [1.54, 1.807) is 23.1 Å². The molecule has 0 saturated heterocycles. The number of hydrogen-bond donors (Lipinski definition) is 0. The molecular weight excluding hydrogens is 489 g/mol. The molecule has 1 aromatic carbocycles. The molecular formula is C28H22ClF3N2O2. The molecule has 1 atom stereocenters. The Morgan fingerprint density at radius 1 is 1.17 bits per heavy atom. The highest BCUT2D eigenvalue weighted by atomic mass is 35.5. The van der Waals surface area contributed by atoms with Gasteiger partial charge in [-0.15, -0.1) is 0 Å². The van der Waals surface area contributed by atoms with Gasteiger partial charge < -0.3 is 9.32 Å². The highest BCUT2D eigenvalue weighted by molar-refractivity contribution is 6.36. The first-order chi connectivity index (χ1) is 17.3. The molecule has 0 saturated carbocycles. The highest BCUT2D eigenvalue weighted by Crippen LogP contribution is 2.43. The quantitative estimate of drug-likeness (QED) is 0.443. The van der Waals surface area contributed by atoms with Gasteiger partial charge in [0.15, 0.2) is 0 Å². The van der Waals surface area contributed by atoms with Gasteiger partial charge in [-0.1, -0.05) is 60.7 Å². The SMILES string of the molecule is C=Cc1ccc(C2=CCN(C(=O)C3=C(Cl)C4CC=C(c5ccoc5)C=C(C(F)(F)F)C4=N3)CC2)cc1. The van der Waals surface area contributed by atoms with Crippen molar-refractivity contribution >= 4 is 40.4 Å². The average Bonchev–Trinajstić information content (AvgIpc) is 3.47. The molecule has 3 aliphatic rings. The van der Waals surface area contributed by atoms with Crippen LogP contribution in [0.25, 0.3) is 17.2 Å². The number of halogens is 4. The molecule has 184 valence electrons. The zero-order valence-corrected chi connectivity index (χ0v) is 19.9. The minimum atomic E-state index is -4.66. The molecule has 0 N–H and O–H groups in total. The fourth-order valence-corrected chi connectivity index (χ4v) is 4.95. The number of allylic oxidation sites excluding steroid dienone is 5. The molecule has 1 aliphatic carbocycles. The summed E-state index contributed by atoms with van der Waals surface area (Å²) >= 11 is 6.53. The van der Waals surface area contributed by atoms with Gasteiger partial charge in [-0.2, -0.15) is 13.2 Å². The summed E-state index contributed by atoms with van der Waals surface area (Å²) in [6.07, 6.45) is 5.39. The fraction of sp³-hybridized carbons (Fsp3) is 0.214. The van der Waals surface area contributed by atoms with E-state index in [0.29, 0.717) is 30.6 Å². The average molecular weight is 511 g/mol. The van der Waals surface area contributed by atoms with E-state index in [2.05, 4.69) is 11.6 Å². The summed E-state index contributed by atoms with van der Waals surface area (Å²) in [6, 6.07) is 9.56. The third kappa shape index (κ3) is 4.51. The minimum Gasteiger partial charge on any atom is -0.472 e. The van der Waals surface area contributed by atoms with Crippen LogP contribution in [0.1, 0.15) is 29.5 Å². The number of fused-ring (bicyclic) bond motifs is 1.